The van der Waals surface area contributed by atoms with Gasteiger partial charge in [-0.05, 0) is 17.7 Å². The van der Waals surface area contributed by atoms with Crippen molar-refractivity contribution in [3.63, 3.8) is 0 Å². The van der Waals surface area contributed by atoms with Crippen molar-refractivity contribution in [2.24, 2.45) is 5.10 Å². The van der Waals surface area contributed by atoms with Crippen LogP contribution in [-0.4, -0.2) is 11.2 Å². The van der Waals surface area contributed by atoms with Gasteiger partial charge in [0.05, 0.1) is 22.0 Å². The number of thiazole rings is 1. The van der Waals surface area contributed by atoms with Crippen LogP contribution in [0.5, 0.6) is 0 Å². The molecule has 0 aliphatic rings. The van der Waals surface area contributed by atoms with Crippen molar-refractivity contribution in [1.29, 1.82) is 0 Å². The molecule has 0 amide bonds. The van der Waals surface area contributed by atoms with Crippen molar-refractivity contribution in [3.8, 4) is 11.3 Å². The van der Waals surface area contributed by atoms with E-state index < -0.39 is 5.82 Å². The molecular formula is C16H10Cl2FN3S. The third-order valence-electron chi connectivity index (χ3n) is 2.96. The Labute approximate surface area is 146 Å². The van der Waals surface area contributed by atoms with Gasteiger partial charge in [0, 0.05) is 10.9 Å². The van der Waals surface area contributed by atoms with Crippen LogP contribution in [0.3, 0.4) is 0 Å². The number of hydrogen-bond donors (Lipinski definition) is 1. The van der Waals surface area contributed by atoms with Crippen molar-refractivity contribution >= 4 is 45.9 Å². The number of halogens is 3. The number of hydrogen-bond acceptors (Lipinski definition) is 4. The first-order chi connectivity index (χ1) is 11.1. The van der Waals surface area contributed by atoms with E-state index in [0.29, 0.717) is 21.4 Å². The Morgan fingerprint density at radius 2 is 1.91 bits per heavy atom. The van der Waals surface area contributed by atoms with Crippen LogP contribution < -0.4 is 5.43 Å². The van der Waals surface area contributed by atoms with E-state index in [1.54, 1.807) is 11.6 Å². The monoisotopic (exact) mass is 365 g/mol. The molecule has 0 spiro atoms. The highest BCUT2D eigenvalue weighted by Gasteiger charge is 2.12. The standard InChI is InChI=1S/C16H10Cl2FN3S/c17-12-7-13(18)14(19)6-11(12)15-9-23-16(21-15)22-20-8-10-4-2-1-3-5-10/h1-9H,(H,21,22)/b20-8+. The predicted molar refractivity (Wildman–Crippen MR) is 95.2 cm³/mol. The lowest BCUT2D eigenvalue weighted by atomic mass is 10.2. The molecule has 0 fully saturated rings. The Morgan fingerprint density at radius 3 is 2.70 bits per heavy atom. The van der Waals surface area contributed by atoms with Gasteiger partial charge in [-0.3, -0.25) is 5.43 Å². The molecule has 1 aromatic heterocycles. The number of hydrazone groups is 1. The first-order valence-electron chi connectivity index (χ1n) is 6.58. The molecule has 3 nitrogen and oxygen atoms in total. The maximum atomic E-state index is 13.6. The molecule has 0 atom stereocenters. The molecule has 0 unspecified atom stereocenters. The second-order valence-electron chi connectivity index (χ2n) is 4.56. The van der Waals surface area contributed by atoms with E-state index >= 15 is 0 Å². The molecule has 7 heteroatoms. The third-order valence-corrected chi connectivity index (χ3v) is 4.31. The molecule has 3 rings (SSSR count). The lowest BCUT2D eigenvalue weighted by Gasteiger charge is -2.02. The minimum Gasteiger partial charge on any atom is -0.253 e. The highest BCUT2D eigenvalue weighted by molar-refractivity contribution is 7.14. The number of nitrogens with zero attached hydrogens (tertiary/aromatic N) is 2. The van der Waals surface area contributed by atoms with Crippen molar-refractivity contribution in [3.05, 3.63) is 69.3 Å². The average molecular weight is 366 g/mol. The molecule has 116 valence electrons. The minimum atomic E-state index is -0.532. The summed E-state index contributed by atoms with van der Waals surface area (Å²) in [6, 6.07) is 12.3. The quantitative estimate of drug-likeness (QED) is 0.365. The average Bonchev–Trinajstić information content (AvgIpc) is 3.00. The normalized spacial score (nSPS) is 11.1. The lowest BCUT2D eigenvalue weighted by molar-refractivity contribution is 0.629. The first kappa shape index (κ1) is 15.9. The van der Waals surface area contributed by atoms with Gasteiger partial charge in [0.25, 0.3) is 0 Å². The summed E-state index contributed by atoms with van der Waals surface area (Å²) >= 11 is 13.1. The van der Waals surface area contributed by atoms with Crippen LogP contribution in [0.25, 0.3) is 11.3 Å². The maximum absolute atomic E-state index is 13.6. The summed E-state index contributed by atoms with van der Waals surface area (Å²) in [5.74, 6) is -0.532. The zero-order valence-corrected chi connectivity index (χ0v) is 14.0. The smallest absolute Gasteiger partial charge is 0.203 e. The van der Waals surface area contributed by atoms with Crippen LogP contribution in [0.2, 0.25) is 10.0 Å². The Bertz CT molecular complexity index is 850. The molecule has 0 aliphatic carbocycles. The third kappa shape index (κ3) is 3.88. The second-order valence-corrected chi connectivity index (χ2v) is 6.24. The van der Waals surface area contributed by atoms with Crippen LogP contribution in [0.1, 0.15) is 5.56 Å². The summed E-state index contributed by atoms with van der Waals surface area (Å²) in [7, 11) is 0. The van der Waals surface area contributed by atoms with Crippen LogP contribution in [0, 0.1) is 5.82 Å². The molecule has 0 aliphatic heterocycles. The Kier molecular flexibility index (Phi) is 4.91. The molecule has 0 radical (unpaired) electrons. The molecule has 0 saturated heterocycles. The molecule has 1 heterocycles. The van der Waals surface area contributed by atoms with Crippen molar-refractivity contribution in [2.45, 2.75) is 0 Å². The molecule has 1 N–H and O–H groups in total. The van der Waals surface area contributed by atoms with Gasteiger partial charge in [-0.1, -0.05) is 53.5 Å². The fraction of sp³-hybridized carbons (Fsp3) is 0. The summed E-state index contributed by atoms with van der Waals surface area (Å²) in [6.07, 6.45) is 1.69. The first-order valence-corrected chi connectivity index (χ1v) is 8.21. The summed E-state index contributed by atoms with van der Waals surface area (Å²) in [4.78, 5) is 4.34. The van der Waals surface area contributed by atoms with Crippen LogP contribution in [-0.2, 0) is 0 Å². The second kappa shape index (κ2) is 7.08. The van der Waals surface area contributed by atoms with E-state index in [9.17, 15) is 4.39 Å². The van der Waals surface area contributed by atoms with Gasteiger partial charge in [0.15, 0.2) is 0 Å². The highest BCUT2D eigenvalue weighted by Crippen LogP contribution is 2.33. The summed E-state index contributed by atoms with van der Waals surface area (Å²) in [5.41, 5.74) is 4.87. The summed E-state index contributed by atoms with van der Waals surface area (Å²) in [5, 5.41) is 6.81. The highest BCUT2D eigenvalue weighted by atomic mass is 35.5. The number of rotatable bonds is 4. The number of aromatic nitrogens is 1. The molecular weight excluding hydrogens is 356 g/mol. The molecule has 3 aromatic rings. The molecule has 2 aromatic carbocycles. The minimum absolute atomic E-state index is 0.0141. The van der Waals surface area contributed by atoms with Crippen LogP contribution in [0.4, 0.5) is 9.52 Å². The van der Waals surface area contributed by atoms with E-state index in [1.165, 1.54) is 23.5 Å². The maximum Gasteiger partial charge on any atom is 0.203 e. The summed E-state index contributed by atoms with van der Waals surface area (Å²) in [6.45, 7) is 0. The van der Waals surface area contributed by atoms with Crippen molar-refractivity contribution in [1.82, 2.24) is 4.98 Å². The Hall–Kier alpha value is -1.95. The van der Waals surface area contributed by atoms with Crippen molar-refractivity contribution in [2.75, 3.05) is 5.43 Å². The molecule has 0 bridgehead atoms. The number of anilines is 1. The van der Waals surface area contributed by atoms with E-state index in [4.69, 9.17) is 23.2 Å². The van der Waals surface area contributed by atoms with Gasteiger partial charge < -0.3 is 0 Å². The number of benzene rings is 2. The largest absolute Gasteiger partial charge is 0.253 e. The Balaban J connectivity index is 1.76. The van der Waals surface area contributed by atoms with E-state index in [1.807, 2.05) is 30.3 Å². The van der Waals surface area contributed by atoms with Crippen LogP contribution in [0.15, 0.2) is 52.9 Å². The van der Waals surface area contributed by atoms with E-state index in [-0.39, 0.29) is 5.02 Å². The van der Waals surface area contributed by atoms with Gasteiger partial charge in [-0.15, -0.1) is 11.3 Å². The van der Waals surface area contributed by atoms with Gasteiger partial charge in [0.2, 0.25) is 5.13 Å². The summed E-state index contributed by atoms with van der Waals surface area (Å²) < 4.78 is 13.6. The topological polar surface area (TPSA) is 37.3 Å². The Morgan fingerprint density at radius 1 is 1.13 bits per heavy atom. The van der Waals surface area contributed by atoms with Gasteiger partial charge in [0.1, 0.15) is 5.82 Å². The molecule has 23 heavy (non-hydrogen) atoms. The fourth-order valence-corrected chi connectivity index (χ4v) is 3.01. The number of nitrogens with one attached hydrogen (secondary N) is 1. The van der Waals surface area contributed by atoms with Gasteiger partial charge >= 0.3 is 0 Å². The zero-order chi connectivity index (χ0) is 16.2. The van der Waals surface area contributed by atoms with E-state index in [2.05, 4.69) is 15.5 Å². The van der Waals surface area contributed by atoms with E-state index in [0.717, 1.165) is 5.56 Å². The van der Waals surface area contributed by atoms with Gasteiger partial charge in [-0.2, -0.15) is 5.10 Å². The lowest BCUT2D eigenvalue weighted by Crippen LogP contribution is -1.90. The molecule has 0 saturated carbocycles. The zero-order valence-electron chi connectivity index (χ0n) is 11.6. The SMILES string of the molecule is Fc1cc(-c2csc(N/N=C/c3ccccc3)n2)c(Cl)cc1Cl. The van der Waals surface area contributed by atoms with Crippen LogP contribution >= 0.6 is 34.5 Å². The van der Waals surface area contributed by atoms with Crippen molar-refractivity contribution < 1.29 is 4.39 Å². The fourth-order valence-electron chi connectivity index (χ4n) is 1.87. The predicted octanol–water partition coefficient (Wildman–Crippen LogP) is 5.70. The van der Waals surface area contributed by atoms with Gasteiger partial charge in [-0.25, -0.2) is 9.37 Å².